The maximum atomic E-state index is 12.4. The number of amides is 1. The van der Waals surface area contributed by atoms with Crippen LogP contribution >= 0.6 is 22.9 Å². The Bertz CT molecular complexity index is 663. The third kappa shape index (κ3) is 3.22. The van der Waals surface area contributed by atoms with Gasteiger partial charge in [0, 0.05) is 47.8 Å². The molecular formula is C15H23ClN6OS. The van der Waals surface area contributed by atoms with Crippen LogP contribution in [-0.2, 0) is 11.3 Å². The number of likely N-dealkylation sites (tertiary alicyclic amines) is 1. The van der Waals surface area contributed by atoms with Crippen LogP contribution in [0.5, 0.6) is 0 Å². The molecule has 2 aliphatic rings. The number of hydrogen-bond donors (Lipinski definition) is 1. The van der Waals surface area contributed by atoms with Gasteiger partial charge in [-0.2, -0.15) is 0 Å². The monoisotopic (exact) mass is 370 g/mol. The first-order valence-electron chi connectivity index (χ1n) is 7.94. The van der Waals surface area contributed by atoms with Gasteiger partial charge in [-0.05, 0) is 12.8 Å². The standard InChI is InChI=1S/C15H23ClN6OS/c1-20(2)13-18-12(23)15(19-13)5-7-22(8-6-15)9-10-11(16)17-14(24-10)21(3)4/h5-9H2,1-4H3,(H,18,19,23). The van der Waals surface area contributed by atoms with Crippen LogP contribution in [0, 0.1) is 0 Å². The fourth-order valence-electron chi connectivity index (χ4n) is 2.94. The van der Waals surface area contributed by atoms with E-state index in [1.165, 1.54) is 0 Å². The van der Waals surface area contributed by atoms with Crippen LogP contribution in [0.2, 0.25) is 5.15 Å². The number of piperidine rings is 1. The molecule has 0 atom stereocenters. The lowest BCUT2D eigenvalue weighted by Gasteiger charge is -2.35. The van der Waals surface area contributed by atoms with E-state index < -0.39 is 5.54 Å². The zero-order valence-corrected chi connectivity index (χ0v) is 16.0. The minimum absolute atomic E-state index is 0.0246. The van der Waals surface area contributed by atoms with Crippen molar-refractivity contribution in [2.45, 2.75) is 24.9 Å². The summed E-state index contributed by atoms with van der Waals surface area (Å²) in [5, 5.41) is 4.38. The van der Waals surface area contributed by atoms with E-state index in [9.17, 15) is 4.79 Å². The molecule has 1 amide bonds. The summed E-state index contributed by atoms with van der Waals surface area (Å²) in [6, 6.07) is 0. The van der Waals surface area contributed by atoms with Crippen molar-refractivity contribution in [2.24, 2.45) is 4.99 Å². The van der Waals surface area contributed by atoms with Crippen molar-refractivity contribution >= 4 is 39.9 Å². The predicted octanol–water partition coefficient (Wildman–Crippen LogP) is 1.24. The zero-order chi connectivity index (χ0) is 17.5. The summed E-state index contributed by atoms with van der Waals surface area (Å²) in [6.07, 6.45) is 1.46. The number of nitrogens with one attached hydrogen (secondary N) is 1. The Labute approximate surface area is 151 Å². The number of thiazole rings is 1. The SMILES string of the molecule is CN(C)C1=NC2(CCN(Cc3sc(N(C)C)nc3Cl)CC2)C(=O)N1. The summed E-state index contributed by atoms with van der Waals surface area (Å²) in [6.45, 7) is 2.42. The highest BCUT2D eigenvalue weighted by Crippen LogP contribution is 2.33. The van der Waals surface area contributed by atoms with Gasteiger partial charge < -0.3 is 9.80 Å². The quantitative estimate of drug-likeness (QED) is 0.867. The molecule has 0 aromatic carbocycles. The van der Waals surface area contributed by atoms with Crippen molar-refractivity contribution in [1.82, 2.24) is 20.1 Å². The number of halogens is 1. The van der Waals surface area contributed by atoms with Gasteiger partial charge in [0.05, 0.1) is 4.88 Å². The molecule has 132 valence electrons. The number of guanidine groups is 1. The lowest BCUT2D eigenvalue weighted by atomic mass is 9.88. The Morgan fingerprint density at radius 1 is 1.25 bits per heavy atom. The molecule has 7 nitrogen and oxygen atoms in total. The molecule has 9 heteroatoms. The summed E-state index contributed by atoms with van der Waals surface area (Å²) in [5.41, 5.74) is -0.595. The molecule has 0 saturated carbocycles. The van der Waals surface area contributed by atoms with E-state index in [4.69, 9.17) is 11.6 Å². The molecule has 0 radical (unpaired) electrons. The van der Waals surface area contributed by atoms with Crippen LogP contribution in [0.25, 0.3) is 0 Å². The molecule has 2 aliphatic heterocycles. The van der Waals surface area contributed by atoms with Gasteiger partial charge in [-0.25, -0.2) is 9.98 Å². The smallest absolute Gasteiger partial charge is 0.254 e. The molecule has 3 heterocycles. The van der Waals surface area contributed by atoms with Crippen LogP contribution < -0.4 is 10.2 Å². The summed E-state index contributed by atoms with van der Waals surface area (Å²) in [5.74, 6) is 0.686. The van der Waals surface area contributed by atoms with Gasteiger partial charge in [-0.15, -0.1) is 0 Å². The van der Waals surface area contributed by atoms with Crippen molar-refractivity contribution in [3.8, 4) is 0 Å². The number of hydrogen-bond acceptors (Lipinski definition) is 7. The number of nitrogens with zero attached hydrogens (tertiary/aromatic N) is 5. The van der Waals surface area contributed by atoms with Gasteiger partial charge in [0.15, 0.2) is 5.13 Å². The topological polar surface area (TPSA) is 64.1 Å². The zero-order valence-electron chi connectivity index (χ0n) is 14.5. The van der Waals surface area contributed by atoms with Crippen LogP contribution in [-0.4, -0.2) is 73.5 Å². The third-order valence-corrected chi connectivity index (χ3v) is 6.10. The van der Waals surface area contributed by atoms with Gasteiger partial charge in [0.1, 0.15) is 10.7 Å². The van der Waals surface area contributed by atoms with Gasteiger partial charge in [0.2, 0.25) is 5.96 Å². The van der Waals surface area contributed by atoms with E-state index in [-0.39, 0.29) is 5.91 Å². The van der Waals surface area contributed by atoms with Crippen molar-refractivity contribution in [2.75, 3.05) is 46.2 Å². The molecule has 1 N–H and O–H groups in total. The van der Waals surface area contributed by atoms with Crippen LogP contribution in [0.1, 0.15) is 17.7 Å². The van der Waals surface area contributed by atoms with Gasteiger partial charge in [-0.3, -0.25) is 15.0 Å². The predicted molar refractivity (Wildman–Crippen MR) is 98.0 cm³/mol. The summed E-state index contributed by atoms with van der Waals surface area (Å²) < 4.78 is 0. The second-order valence-electron chi connectivity index (χ2n) is 6.70. The summed E-state index contributed by atoms with van der Waals surface area (Å²) >= 11 is 7.88. The van der Waals surface area contributed by atoms with Crippen LogP contribution in [0.4, 0.5) is 5.13 Å². The minimum atomic E-state index is -0.595. The van der Waals surface area contributed by atoms with Gasteiger partial charge >= 0.3 is 0 Å². The molecule has 0 aliphatic carbocycles. The first-order valence-corrected chi connectivity index (χ1v) is 9.14. The Morgan fingerprint density at radius 3 is 2.42 bits per heavy atom. The summed E-state index contributed by atoms with van der Waals surface area (Å²) in [7, 11) is 7.70. The maximum Gasteiger partial charge on any atom is 0.254 e. The first-order chi connectivity index (χ1) is 11.3. The lowest BCUT2D eigenvalue weighted by molar-refractivity contribution is -0.125. The first kappa shape index (κ1) is 17.4. The highest BCUT2D eigenvalue weighted by atomic mass is 35.5. The molecule has 3 rings (SSSR count). The van der Waals surface area contributed by atoms with Crippen molar-refractivity contribution in [1.29, 1.82) is 0 Å². The molecular weight excluding hydrogens is 348 g/mol. The molecule has 1 aromatic heterocycles. The van der Waals surface area contributed by atoms with E-state index in [1.807, 2.05) is 38.0 Å². The Morgan fingerprint density at radius 2 is 1.92 bits per heavy atom. The number of carbonyl (C=O) groups is 1. The number of aliphatic imine (C=N–C) groups is 1. The number of rotatable bonds is 3. The van der Waals surface area contributed by atoms with Crippen molar-refractivity contribution < 1.29 is 4.79 Å². The Hall–Kier alpha value is -1.38. The normalized spacial score (nSPS) is 20.2. The fraction of sp³-hybridized carbons (Fsp3) is 0.667. The largest absolute Gasteiger partial charge is 0.354 e. The number of aromatic nitrogens is 1. The van der Waals surface area contributed by atoms with Gasteiger partial charge in [-0.1, -0.05) is 22.9 Å². The molecule has 1 aromatic rings. The molecule has 0 unspecified atom stereocenters. The molecule has 24 heavy (non-hydrogen) atoms. The second-order valence-corrected chi connectivity index (χ2v) is 8.12. The van der Waals surface area contributed by atoms with E-state index in [1.54, 1.807) is 11.3 Å². The number of carbonyl (C=O) groups excluding carboxylic acids is 1. The van der Waals surface area contributed by atoms with Crippen LogP contribution in [0.3, 0.4) is 0 Å². The number of anilines is 1. The minimum Gasteiger partial charge on any atom is -0.354 e. The maximum absolute atomic E-state index is 12.4. The van der Waals surface area contributed by atoms with Crippen molar-refractivity contribution in [3.05, 3.63) is 10.0 Å². The Balaban J connectivity index is 1.65. The second kappa shape index (κ2) is 6.50. The van der Waals surface area contributed by atoms with E-state index in [0.29, 0.717) is 11.1 Å². The van der Waals surface area contributed by atoms with Crippen LogP contribution in [0.15, 0.2) is 4.99 Å². The molecule has 0 bridgehead atoms. The highest BCUT2D eigenvalue weighted by molar-refractivity contribution is 7.16. The van der Waals surface area contributed by atoms with E-state index in [0.717, 1.165) is 42.5 Å². The molecule has 1 spiro atoms. The van der Waals surface area contributed by atoms with Crippen molar-refractivity contribution in [3.63, 3.8) is 0 Å². The highest BCUT2D eigenvalue weighted by Gasteiger charge is 2.46. The van der Waals surface area contributed by atoms with E-state index >= 15 is 0 Å². The fourth-order valence-corrected chi connectivity index (χ4v) is 4.17. The summed E-state index contributed by atoms with van der Waals surface area (Å²) in [4.78, 5) is 28.6. The lowest BCUT2D eigenvalue weighted by Crippen LogP contribution is -2.49. The average molecular weight is 371 g/mol. The third-order valence-electron chi connectivity index (χ3n) is 4.46. The molecule has 1 saturated heterocycles. The van der Waals surface area contributed by atoms with E-state index in [2.05, 4.69) is 20.2 Å². The Kier molecular flexibility index (Phi) is 4.72. The van der Waals surface area contributed by atoms with Gasteiger partial charge in [0.25, 0.3) is 5.91 Å². The molecule has 1 fully saturated rings. The average Bonchev–Trinajstić information content (AvgIpc) is 3.04.